The molecule has 0 aliphatic carbocycles. The minimum atomic E-state index is -0.831. The fourth-order valence-corrected chi connectivity index (χ4v) is 0.772. The van der Waals surface area contributed by atoms with Crippen LogP contribution < -0.4 is 0 Å². The van der Waals surface area contributed by atoms with Crippen LogP contribution >= 0.6 is 0 Å². The van der Waals surface area contributed by atoms with Crippen molar-refractivity contribution in [1.29, 1.82) is 0 Å². The largest absolute Gasteiger partial charge is 0.479 e. The number of rotatable bonds is 1. The van der Waals surface area contributed by atoms with Crippen molar-refractivity contribution in [3.63, 3.8) is 0 Å². The highest BCUT2D eigenvalue weighted by Gasteiger charge is 2.21. The first-order valence-corrected chi connectivity index (χ1v) is 2.65. The standard InChI is InChI=1S/C5H8O3.H2O/c6-5(7)4-2-1-3-8-4;/h4H,1-3H2,(H,6,7);1H2. The lowest BCUT2D eigenvalue weighted by Crippen LogP contribution is -2.17. The van der Waals surface area contributed by atoms with Crippen molar-refractivity contribution in [2.24, 2.45) is 0 Å². The summed E-state index contributed by atoms with van der Waals surface area (Å²) in [7, 11) is 0. The average molecular weight is 134 g/mol. The van der Waals surface area contributed by atoms with Crippen molar-refractivity contribution in [3.05, 3.63) is 0 Å². The monoisotopic (exact) mass is 134 g/mol. The third-order valence-corrected chi connectivity index (χ3v) is 1.21. The molecule has 1 aliphatic heterocycles. The highest BCUT2D eigenvalue weighted by molar-refractivity contribution is 5.72. The Kier molecular flexibility index (Phi) is 3.19. The molecule has 0 aromatic rings. The molecule has 4 nitrogen and oxygen atoms in total. The Hall–Kier alpha value is -0.610. The average Bonchev–Trinajstić information content (AvgIpc) is 2.12. The van der Waals surface area contributed by atoms with E-state index in [9.17, 15) is 4.79 Å². The highest BCUT2D eigenvalue weighted by Crippen LogP contribution is 2.10. The Bertz CT molecular complexity index is 95.1. The molecule has 3 N–H and O–H groups in total. The molecule has 0 aromatic carbocycles. The number of carboxylic acid groups (broad SMARTS) is 1. The van der Waals surface area contributed by atoms with Gasteiger partial charge in [-0.05, 0) is 12.8 Å². The topological polar surface area (TPSA) is 78.0 Å². The van der Waals surface area contributed by atoms with Gasteiger partial charge >= 0.3 is 5.97 Å². The Morgan fingerprint density at radius 1 is 1.67 bits per heavy atom. The highest BCUT2D eigenvalue weighted by atomic mass is 16.5. The molecule has 0 spiro atoms. The third kappa shape index (κ3) is 1.99. The van der Waals surface area contributed by atoms with E-state index in [0.29, 0.717) is 13.0 Å². The molecular formula is C5H10O4. The molecule has 0 saturated carbocycles. The van der Waals surface area contributed by atoms with Crippen LogP contribution in [0.4, 0.5) is 0 Å². The van der Waals surface area contributed by atoms with Crippen LogP contribution in [-0.4, -0.2) is 29.3 Å². The predicted octanol–water partition coefficient (Wildman–Crippen LogP) is -0.575. The number of hydrogen-bond donors (Lipinski definition) is 1. The van der Waals surface area contributed by atoms with Gasteiger partial charge in [-0.1, -0.05) is 0 Å². The lowest BCUT2D eigenvalue weighted by Gasteiger charge is -1.98. The van der Waals surface area contributed by atoms with Gasteiger partial charge < -0.3 is 15.3 Å². The molecule has 0 amide bonds. The second kappa shape index (κ2) is 3.42. The first-order valence-electron chi connectivity index (χ1n) is 2.65. The SMILES string of the molecule is O.O=C(O)C1CCCO1. The van der Waals surface area contributed by atoms with E-state index in [1.54, 1.807) is 0 Å². The van der Waals surface area contributed by atoms with Crippen molar-refractivity contribution in [3.8, 4) is 0 Å². The normalized spacial score (nSPS) is 25.1. The maximum atomic E-state index is 10.1. The van der Waals surface area contributed by atoms with E-state index < -0.39 is 12.1 Å². The van der Waals surface area contributed by atoms with Gasteiger partial charge in [0.15, 0.2) is 6.10 Å². The zero-order valence-corrected chi connectivity index (χ0v) is 4.96. The quantitative estimate of drug-likeness (QED) is 0.521. The lowest BCUT2D eigenvalue weighted by molar-refractivity contribution is -0.147. The van der Waals surface area contributed by atoms with E-state index in [-0.39, 0.29) is 5.48 Å². The fraction of sp³-hybridized carbons (Fsp3) is 0.800. The van der Waals surface area contributed by atoms with Gasteiger partial charge in [0.2, 0.25) is 0 Å². The second-order valence-corrected chi connectivity index (χ2v) is 1.84. The van der Waals surface area contributed by atoms with Crippen molar-refractivity contribution in [2.75, 3.05) is 6.61 Å². The van der Waals surface area contributed by atoms with Gasteiger partial charge in [0.05, 0.1) is 0 Å². The summed E-state index contributed by atoms with van der Waals surface area (Å²) in [5.41, 5.74) is 0. The van der Waals surface area contributed by atoms with Crippen molar-refractivity contribution in [1.82, 2.24) is 0 Å². The molecular weight excluding hydrogens is 124 g/mol. The predicted molar refractivity (Wildman–Crippen MR) is 30.2 cm³/mol. The van der Waals surface area contributed by atoms with Gasteiger partial charge in [-0.2, -0.15) is 0 Å². The van der Waals surface area contributed by atoms with Crippen molar-refractivity contribution in [2.45, 2.75) is 18.9 Å². The van der Waals surface area contributed by atoms with Gasteiger partial charge in [0, 0.05) is 6.61 Å². The number of carbonyl (C=O) groups is 1. The fourth-order valence-electron chi connectivity index (χ4n) is 0.772. The van der Waals surface area contributed by atoms with Gasteiger partial charge in [-0.15, -0.1) is 0 Å². The first kappa shape index (κ1) is 8.39. The number of hydrogen-bond acceptors (Lipinski definition) is 2. The molecule has 1 unspecified atom stereocenters. The Morgan fingerprint density at radius 3 is 2.56 bits per heavy atom. The van der Waals surface area contributed by atoms with Crippen LogP contribution in [0.15, 0.2) is 0 Å². The van der Waals surface area contributed by atoms with Crippen LogP contribution in [0.2, 0.25) is 0 Å². The summed E-state index contributed by atoms with van der Waals surface area (Å²) in [5.74, 6) is -0.831. The molecule has 1 fully saturated rings. The Balaban J connectivity index is 0.000000640. The van der Waals surface area contributed by atoms with Crippen LogP contribution in [0, 0.1) is 0 Å². The Labute approximate surface area is 52.7 Å². The summed E-state index contributed by atoms with van der Waals surface area (Å²) in [5, 5.41) is 8.29. The van der Waals surface area contributed by atoms with E-state index in [1.807, 2.05) is 0 Å². The zero-order chi connectivity index (χ0) is 5.98. The van der Waals surface area contributed by atoms with Crippen LogP contribution in [0.1, 0.15) is 12.8 Å². The van der Waals surface area contributed by atoms with Crippen LogP contribution in [0.5, 0.6) is 0 Å². The van der Waals surface area contributed by atoms with E-state index in [4.69, 9.17) is 9.84 Å². The lowest BCUT2D eigenvalue weighted by atomic mass is 10.2. The van der Waals surface area contributed by atoms with Gasteiger partial charge in [-0.3, -0.25) is 0 Å². The number of carboxylic acids is 1. The summed E-state index contributed by atoms with van der Waals surface area (Å²) in [6, 6.07) is 0. The van der Waals surface area contributed by atoms with Gasteiger partial charge in [0.1, 0.15) is 0 Å². The maximum Gasteiger partial charge on any atom is 0.332 e. The Morgan fingerprint density at radius 2 is 2.33 bits per heavy atom. The van der Waals surface area contributed by atoms with E-state index >= 15 is 0 Å². The van der Waals surface area contributed by atoms with Crippen molar-refractivity contribution < 1.29 is 20.1 Å². The summed E-state index contributed by atoms with van der Waals surface area (Å²) >= 11 is 0. The molecule has 1 aliphatic rings. The number of aliphatic carboxylic acids is 1. The summed E-state index contributed by atoms with van der Waals surface area (Å²) in [6.07, 6.45) is 1.04. The molecule has 1 saturated heterocycles. The summed E-state index contributed by atoms with van der Waals surface area (Å²) < 4.78 is 4.81. The third-order valence-electron chi connectivity index (χ3n) is 1.21. The molecule has 0 aromatic heterocycles. The number of ether oxygens (including phenoxy) is 1. The van der Waals surface area contributed by atoms with Crippen molar-refractivity contribution >= 4 is 5.97 Å². The zero-order valence-electron chi connectivity index (χ0n) is 4.96. The van der Waals surface area contributed by atoms with E-state index in [1.165, 1.54) is 0 Å². The van der Waals surface area contributed by atoms with E-state index in [0.717, 1.165) is 6.42 Å². The summed E-state index contributed by atoms with van der Waals surface area (Å²) in [6.45, 7) is 0.608. The molecule has 0 bridgehead atoms. The van der Waals surface area contributed by atoms with Gasteiger partial charge in [0.25, 0.3) is 0 Å². The maximum absolute atomic E-state index is 10.1. The summed E-state index contributed by atoms with van der Waals surface area (Å²) in [4.78, 5) is 10.1. The molecule has 1 rings (SSSR count). The minimum Gasteiger partial charge on any atom is -0.479 e. The molecule has 4 heteroatoms. The van der Waals surface area contributed by atoms with Crippen LogP contribution in [0.25, 0.3) is 0 Å². The van der Waals surface area contributed by atoms with Crippen LogP contribution in [-0.2, 0) is 9.53 Å². The minimum absolute atomic E-state index is 0. The van der Waals surface area contributed by atoms with Crippen LogP contribution in [0.3, 0.4) is 0 Å². The van der Waals surface area contributed by atoms with E-state index in [2.05, 4.69) is 0 Å². The first-order chi connectivity index (χ1) is 3.80. The molecule has 54 valence electrons. The van der Waals surface area contributed by atoms with Gasteiger partial charge in [-0.25, -0.2) is 4.79 Å². The molecule has 1 heterocycles. The smallest absolute Gasteiger partial charge is 0.332 e. The molecule has 0 radical (unpaired) electrons. The molecule has 1 atom stereocenters. The molecule has 9 heavy (non-hydrogen) atoms. The second-order valence-electron chi connectivity index (χ2n) is 1.84.